The number of thiocarbonyl (C=S) groups is 1. The molecule has 2 N–H and O–H groups in total. The second-order valence-corrected chi connectivity index (χ2v) is 7.15. The van der Waals surface area contributed by atoms with Crippen LogP contribution in [0, 0.1) is 0 Å². The molecule has 1 aromatic heterocycles. The summed E-state index contributed by atoms with van der Waals surface area (Å²) in [4.78, 5) is 26.5. The minimum Gasteiger partial charge on any atom is -0.383 e. The largest absolute Gasteiger partial charge is 0.383 e. The fourth-order valence-electron chi connectivity index (χ4n) is 3.51. The van der Waals surface area contributed by atoms with Crippen LogP contribution in [0.3, 0.4) is 0 Å². The Kier molecular flexibility index (Phi) is 6.66. The number of nitrogens with one attached hydrogen (secondary N) is 2. The SMILES string of the molecule is CCc1cccc2c(/C=C3\NC(=S)N(CC)C3=O)cn(CC(=O)NCCOC)c12. The van der Waals surface area contributed by atoms with Gasteiger partial charge < -0.3 is 19.9 Å². The molecule has 1 aliphatic rings. The van der Waals surface area contributed by atoms with Crippen molar-refractivity contribution in [1.82, 2.24) is 20.1 Å². The highest BCUT2D eigenvalue weighted by molar-refractivity contribution is 7.80. The number of hydrogen-bond donors (Lipinski definition) is 2. The van der Waals surface area contributed by atoms with E-state index in [1.807, 2.05) is 35.9 Å². The second kappa shape index (κ2) is 9.19. The van der Waals surface area contributed by atoms with Crippen molar-refractivity contribution in [3.8, 4) is 0 Å². The molecule has 3 rings (SSSR count). The van der Waals surface area contributed by atoms with Gasteiger partial charge in [0.05, 0.1) is 12.1 Å². The number of aromatic nitrogens is 1. The molecule has 1 fully saturated rings. The first-order chi connectivity index (χ1) is 14.0. The standard InChI is InChI=1S/C21H26N4O3S/c1-4-14-7-6-8-16-15(11-17-20(27)25(5-2)21(29)23-17)12-24(19(14)16)13-18(26)22-9-10-28-3/h6-8,11-12H,4-5,9-10,13H2,1-3H3,(H,22,26)(H,23,29)/b17-11-. The number of rotatable bonds is 8. The maximum atomic E-state index is 12.6. The van der Waals surface area contributed by atoms with Crippen LogP contribution < -0.4 is 10.6 Å². The molecule has 0 radical (unpaired) electrons. The van der Waals surface area contributed by atoms with E-state index >= 15 is 0 Å². The Labute approximate surface area is 175 Å². The number of nitrogens with zero attached hydrogens (tertiary/aromatic N) is 2. The molecule has 0 spiro atoms. The third-order valence-corrected chi connectivity index (χ3v) is 5.24. The lowest BCUT2D eigenvalue weighted by atomic mass is 10.1. The van der Waals surface area contributed by atoms with Crippen LogP contribution in [0.25, 0.3) is 17.0 Å². The van der Waals surface area contributed by atoms with E-state index in [4.69, 9.17) is 17.0 Å². The van der Waals surface area contributed by atoms with Gasteiger partial charge in [0.2, 0.25) is 5.91 Å². The molecule has 2 amide bonds. The smallest absolute Gasteiger partial charge is 0.276 e. The lowest BCUT2D eigenvalue weighted by molar-refractivity contribution is -0.122. The number of ether oxygens (including phenoxy) is 1. The van der Waals surface area contributed by atoms with Crippen LogP contribution in [0.4, 0.5) is 0 Å². The van der Waals surface area contributed by atoms with Crippen LogP contribution in [-0.2, 0) is 27.3 Å². The van der Waals surface area contributed by atoms with E-state index in [1.54, 1.807) is 7.11 Å². The zero-order chi connectivity index (χ0) is 21.0. The van der Waals surface area contributed by atoms with Crippen LogP contribution in [-0.4, -0.2) is 53.2 Å². The summed E-state index contributed by atoms with van der Waals surface area (Å²) in [5, 5.41) is 7.26. The highest BCUT2D eigenvalue weighted by Crippen LogP contribution is 2.28. The third kappa shape index (κ3) is 4.33. The van der Waals surface area contributed by atoms with E-state index < -0.39 is 0 Å². The summed E-state index contributed by atoms with van der Waals surface area (Å²) < 4.78 is 6.92. The number of carbonyl (C=O) groups excluding carboxylic acids is 2. The number of carbonyl (C=O) groups is 2. The van der Waals surface area contributed by atoms with E-state index in [9.17, 15) is 9.59 Å². The molecular weight excluding hydrogens is 388 g/mol. The van der Waals surface area contributed by atoms with E-state index in [1.165, 1.54) is 4.90 Å². The van der Waals surface area contributed by atoms with Gasteiger partial charge in [0.15, 0.2) is 5.11 Å². The van der Waals surface area contributed by atoms with Crippen molar-refractivity contribution in [2.75, 3.05) is 26.8 Å². The number of likely N-dealkylation sites (N-methyl/N-ethyl adjacent to an activating group) is 1. The molecule has 154 valence electrons. The first-order valence-electron chi connectivity index (χ1n) is 9.71. The predicted octanol–water partition coefficient (Wildman–Crippen LogP) is 2.04. The predicted molar refractivity (Wildman–Crippen MR) is 117 cm³/mol. The van der Waals surface area contributed by atoms with E-state index in [0.29, 0.717) is 30.5 Å². The number of benzene rings is 1. The van der Waals surface area contributed by atoms with Crippen molar-refractivity contribution >= 4 is 46.1 Å². The van der Waals surface area contributed by atoms with Crippen molar-refractivity contribution in [3.63, 3.8) is 0 Å². The Hall–Kier alpha value is -2.71. The number of fused-ring (bicyclic) bond motifs is 1. The molecule has 0 bridgehead atoms. The quantitative estimate of drug-likeness (QED) is 0.393. The van der Waals surface area contributed by atoms with Crippen LogP contribution in [0.5, 0.6) is 0 Å². The highest BCUT2D eigenvalue weighted by atomic mass is 32.1. The Morgan fingerprint density at radius 3 is 2.79 bits per heavy atom. The topological polar surface area (TPSA) is 75.6 Å². The van der Waals surface area contributed by atoms with Gasteiger partial charge >= 0.3 is 0 Å². The summed E-state index contributed by atoms with van der Waals surface area (Å²) in [6, 6.07) is 6.07. The zero-order valence-corrected chi connectivity index (χ0v) is 17.8. The van der Waals surface area contributed by atoms with E-state index in [0.717, 1.165) is 28.5 Å². The van der Waals surface area contributed by atoms with Gasteiger partial charge in [0, 0.05) is 37.3 Å². The summed E-state index contributed by atoms with van der Waals surface area (Å²) >= 11 is 5.24. The zero-order valence-electron chi connectivity index (χ0n) is 16.9. The van der Waals surface area contributed by atoms with Gasteiger partial charge in [-0.05, 0) is 37.2 Å². The molecule has 7 nitrogen and oxygen atoms in total. The molecule has 2 aromatic rings. The molecule has 0 atom stereocenters. The minimum absolute atomic E-state index is 0.0857. The Morgan fingerprint density at radius 1 is 1.34 bits per heavy atom. The first kappa shape index (κ1) is 21.0. The Balaban J connectivity index is 1.99. The summed E-state index contributed by atoms with van der Waals surface area (Å²) in [6.45, 7) is 5.62. The summed E-state index contributed by atoms with van der Waals surface area (Å²) in [5.41, 5.74) is 3.47. The molecule has 1 aliphatic heterocycles. The maximum Gasteiger partial charge on any atom is 0.276 e. The van der Waals surface area contributed by atoms with Crippen LogP contribution in [0.15, 0.2) is 30.1 Å². The van der Waals surface area contributed by atoms with Crippen molar-refractivity contribution in [2.24, 2.45) is 0 Å². The third-order valence-electron chi connectivity index (χ3n) is 4.91. The number of amides is 2. The lowest BCUT2D eigenvalue weighted by Crippen LogP contribution is -2.30. The average Bonchev–Trinajstić information content (AvgIpc) is 3.18. The number of methoxy groups -OCH3 is 1. The second-order valence-electron chi connectivity index (χ2n) is 6.76. The number of hydrogen-bond acceptors (Lipinski definition) is 4. The molecular formula is C21H26N4O3S. The van der Waals surface area contributed by atoms with Crippen molar-refractivity contribution < 1.29 is 14.3 Å². The molecule has 1 aromatic carbocycles. The summed E-state index contributed by atoms with van der Waals surface area (Å²) in [5.74, 6) is -0.222. The monoisotopic (exact) mass is 414 g/mol. The Bertz CT molecular complexity index is 980. The molecule has 8 heteroatoms. The van der Waals surface area contributed by atoms with Crippen molar-refractivity contribution in [3.05, 3.63) is 41.2 Å². The van der Waals surface area contributed by atoms with E-state index in [2.05, 4.69) is 23.6 Å². The average molecular weight is 415 g/mol. The minimum atomic E-state index is -0.137. The van der Waals surface area contributed by atoms with Crippen LogP contribution >= 0.6 is 12.2 Å². The van der Waals surface area contributed by atoms with Gasteiger partial charge in [-0.2, -0.15) is 0 Å². The normalized spacial score (nSPS) is 15.4. The van der Waals surface area contributed by atoms with Gasteiger partial charge in [0.25, 0.3) is 5.91 Å². The molecule has 1 saturated heterocycles. The summed E-state index contributed by atoms with van der Waals surface area (Å²) in [7, 11) is 1.60. The number of para-hydroxylation sites is 1. The fraction of sp³-hybridized carbons (Fsp3) is 0.381. The number of aryl methyl sites for hydroxylation is 1. The van der Waals surface area contributed by atoms with E-state index in [-0.39, 0.29) is 18.4 Å². The summed E-state index contributed by atoms with van der Waals surface area (Å²) in [6.07, 6.45) is 4.57. The van der Waals surface area contributed by atoms with Crippen molar-refractivity contribution in [1.29, 1.82) is 0 Å². The van der Waals surface area contributed by atoms with Gasteiger partial charge in [-0.1, -0.05) is 25.1 Å². The molecule has 2 heterocycles. The van der Waals surface area contributed by atoms with Gasteiger partial charge in [0.1, 0.15) is 12.2 Å². The fourth-order valence-corrected chi connectivity index (χ4v) is 3.83. The highest BCUT2D eigenvalue weighted by Gasteiger charge is 2.29. The molecule has 0 aliphatic carbocycles. The lowest BCUT2D eigenvalue weighted by Gasteiger charge is -2.09. The van der Waals surface area contributed by atoms with Crippen LogP contribution in [0.2, 0.25) is 0 Å². The molecule has 0 unspecified atom stereocenters. The molecule has 0 saturated carbocycles. The van der Waals surface area contributed by atoms with Crippen LogP contribution in [0.1, 0.15) is 25.0 Å². The Morgan fingerprint density at radius 2 is 2.14 bits per heavy atom. The van der Waals surface area contributed by atoms with Gasteiger partial charge in [-0.15, -0.1) is 0 Å². The first-order valence-corrected chi connectivity index (χ1v) is 10.1. The van der Waals surface area contributed by atoms with Gasteiger partial charge in [-0.25, -0.2) is 0 Å². The van der Waals surface area contributed by atoms with Crippen molar-refractivity contribution in [2.45, 2.75) is 26.8 Å². The maximum absolute atomic E-state index is 12.6. The van der Waals surface area contributed by atoms with Gasteiger partial charge in [-0.3, -0.25) is 14.5 Å². The molecule has 29 heavy (non-hydrogen) atoms.